The monoisotopic (exact) mass is 354 g/mol. The van der Waals surface area contributed by atoms with E-state index in [2.05, 4.69) is 15.5 Å². The summed E-state index contributed by atoms with van der Waals surface area (Å²) < 4.78 is 1.90. The quantitative estimate of drug-likeness (QED) is 0.543. The summed E-state index contributed by atoms with van der Waals surface area (Å²) in [6.07, 6.45) is 0. The Morgan fingerprint density at radius 2 is 1.92 bits per heavy atom. The van der Waals surface area contributed by atoms with E-state index in [1.807, 2.05) is 48.7 Å². The van der Waals surface area contributed by atoms with Crippen LogP contribution in [-0.2, 0) is 4.79 Å². The van der Waals surface area contributed by atoms with E-state index in [9.17, 15) is 9.90 Å². The van der Waals surface area contributed by atoms with Crippen molar-refractivity contribution in [3.05, 3.63) is 59.9 Å². The number of phenols is 1. The maximum Gasteiger partial charge on any atom is 0.234 e. The Labute approximate surface area is 149 Å². The number of phenolic OH excluding ortho intramolecular Hbond substituents is 1. The molecule has 3 rings (SSSR count). The lowest BCUT2D eigenvalue weighted by Gasteiger charge is -2.09. The first-order valence-electron chi connectivity index (χ1n) is 7.74. The van der Waals surface area contributed by atoms with Crippen molar-refractivity contribution < 1.29 is 9.90 Å². The number of aryl methyl sites for hydroxylation is 2. The van der Waals surface area contributed by atoms with Gasteiger partial charge in [0.25, 0.3) is 0 Å². The second-order valence-corrected chi connectivity index (χ2v) is 6.50. The number of aromatic nitrogens is 3. The zero-order valence-corrected chi connectivity index (χ0v) is 14.7. The zero-order valence-electron chi connectivity index (χ0n) is 13.9. The predicted octanol–water partition coefficient (Wildman–Crippen LogP) is 3.32. The summed E-state index contributed by atoms with van der Waals surface area (Å²) in [5.41, 5.74) is 2.32. The van der Waals surface area contributed by atoms with Gasteiger partial charge in [0.05, 0.1) is 11.4 Å². The summed E-state index contributed by atoms with van der Waals surface area (Å²) >= 11 is 1.30. The van der Waals surface area contributed by atoms with Gasteiger partial charge in [-0.15, -0.1) is 10.2 Å². The van der Waals surface area contributed by atoms with Crippen LogP contribution in [0.5, 0.6) is 5.75 Å². The van der Waals surface area contributed by atoms with Crippen LogP contribution in [0.4, 0.5) is 5.69 Å². The molecule has 128 valence electrons. The molecule has 0 aliphatic heterocycles. The van der Waals surface area contributed by atoms with Crippen LogP contribution in [0.15, 0.2) is 53.7 Å². The number of benzene rings is 2. The number of anilines is 1. The molecular weight excluding hydrogens is 336 g/mol. The van der Waals surface area contributed by atoms with Crippen LogP contribution in [0.1, 0.15) is 11.4 Å². The van der Waals surface area contributed by atoms with Gasteiger partial charge in [-0.25, -0.2) is 0 Å². The van der Waals surface area contributed by atoms with Crippen molar-refractivity contribution in [2.75, 3.05) is 11.1 Å². The average molecular weight is 354 g/mol. The standard InChI is InChI=1S/C18H18N4O2S/c1-12-8-9-16(23)15(10-12)19-17(24)11-25-18-21-20-13(2)22(18)14-6-4-3-5-7-14/h3-10,23H,11H2,1-2H3,(H,19,24). The Hall–Kier alpha value is -2.80. The number of amides is 1. The highest BCUT2D eigenvalue weighted by atomic mass is 32.2. The van der Waals surface area contributed by atoms with E-state index in [0.29, 0.717) is 10.8 Å². The van der Waals surface area contributed by atoms with E-state index in [0.717, 1.165) is 17.1 Å². The van der Waals surface area contributed by atoms with Crippen molar-refractivity contribution in [1.82, 2.24) is 14.8 Å². The Morgan fingerprint density at radius 3 is 2.68 bits per heavy atom. The van der Waals surface area contributed by atoms with Crippen molar-refractivity contribution in [2.45, 2.75) is 19.0 Å². The second kappa shape index (κ2) is 7.40. The minimum absolute atomic E-state index is 0.0484. The van der Waals surface area contributed by atoms with Gasteiger partial charge < -0.3 is 10.4 Å². The smallest absolute Gasteiger partial charge is 0.234 e. The van der Waals surface area contributed by atoms with Gasteiger partial charge in [-0.3, -0.25) is 9.36 Å². The molecule has 0 saturated heterocycles. The van der Waals surface area contributed by atoms with Gasteiger partial charge in [0.15, 0.2) is 5.16 Å². The van der Waals surface area contributed by atoms with Crippen LogP contribution in [0.3, 0.4) is 0 Å². The normalized spacial score (nSPS) is 10.6. The van der Waals surface area contributed by atoms with Crippen molar-refractivity contribution in [1.29, 1.82) is 0 Å². The summed E-state index contributed by atoms with van der Waals surface area (Å²) in [5.74, 6) is 0.752. The molecular formula is C18H18N4O2S. The highest BCUT2D eigenvalue weighted by Crippen LogP contribution is 2.25. The molecule has 1 aromatic heterocycles. The minimum atomic E-state index is -0.217. The number of hydrogen-bond donors (Lipinski definition) is 2. The van der Waals surface area contributed by atoms with Crippen LogP contribution in [-0.4, -0.2) is 31.5 Å². The van der Waals surface area contributed by atoms with E-state index in [-0.39, 0.29) is 17.4 Å². The van der Waals surface area contributed by atoms with Crippen LogP contribution in [0.2, 0.25) is 0 Å². The molecule has 3 aromatic rings. The maximum atomic E-state index is 12.2. The SMILES string of the molecule is Cc1ccc(O)c(NC(=O)CSc2nnc(C)n2-c2ccccc2)c1. The summed E-state index contributed by atoms with van der Waals surface area (Å²) in [7, 11) is 0. The molecule has 25 heavy (non-hydrogen) atoms. The molecule has 1 amide bonds. The van der Waals surface area contributed by atoms with E-state index in [4.69, 9.17) is 0 Å². The number of nitrogens with zero attached hydrogens (tertiary/aromatic N) is 3. The third-order valence-corrected chi connectivity index (χ3v) is 4.50. The fourth-order valence-corrected chi connectivity index (χ4v) is 3.17. The lowest BCUT2D eigenvalue weighted by atomic mass is 10.2. The van der Waals surface area contributed by atoms with Crippen LogP contribution < -0.4 is 5.32 Å². The average Bonchev–Trinajstić information content (AvgIpc) is 2.98. The van der Waals surface area contributed by atoms with Gasteiger partial charge in [-0.05, 0) is 43.7 Å². The third-order valence-electron chi connectivity index (χ3n) is 3.57. The fraction of sp³-hybridized carbons (Fsp3) is 0.167. The highest BCUT2D eigenvalue weighted by Gasteiger charge is 2.14. The largest absolute Gasteiger partial charge is 0.506 e. The first-order chi connectivity index (χ1) is 12.0. The molecule has 0 fully saturated rings. The molecule has 2 N–H and O–H groups in total. The van der Waals surface area contributed by atoms with Gasteiger partial charge in [0, 0.05) is 5.69 Å². The Morgan fingerprint density at radius 1 is 1.16 bits per heavy atom. The molecule has 0 atom stereocenters. The lowest BCUT2D eigenvalue weighted by Crippen LogP contribution is -2.14. The van der Waals surface area contributed by atoms with E-state index in [1.54, 1.807) is 18.2 Å². The van der Waals surface area contributed by atoms with E-state index < -0.39 is 0 Å². The highest BCUT2D eigenvalue weighted by molar-refractivity contribution is 7.99. The van der Waals surface area contributed by atoms with Crippen molar-refractivity contribution in [2.24, 2.45) is 0 Å². The summed E-state index contributed by atoms with van der Waals surface area (Å²) in [5, 5.41) is 21.4. The summed E-state index contributed by atoms with van der Waals surface area (Å²) in [6, 6.07) is 14.8. The topological polar surface area (TPSA) is 80.0 Å². The molecule has 0 spiro atoms. The van der Waals surface area contributed by atoms with Crippen LogP contribution in [0, 0.1) is 13.8 Å². The summed E-state index contributed by atoms with van der Waals surface area (Å²) in [4.78, 5) is 12.2. The van der Waals surface area contributed by atoms with E-state index >= 15 is 0 Å². The number of nitrogens with one attached hydrogen (secondary N) is 1. The van der Waals surface area contributed by atoms with Crippen LogP contribution in [0.25, 0.3) is 5.69 Å². The molecule has 0 aliphatic rings. The van der Waals surface area contributed by atoms with Gasteiger partial charge in [0.1, 0.15) is 11.6 Å². The minimum Gasteiger partial charge on any atom is -0.506 e. The third kappa shape index (κ3) is 4.00. The lowest BCUT2D eigenvalue weighted by molar-refractivity contribution is -0.113. The Balaban J connectivity index is 1.70. The molecule has 7 heteroatoms. The fourth-order valence-electron chi connectivity index (χ4n) is 2.38. The molecule has 2 aromatic carbocycles. The molecule has 0 unspecified atom stereocenters. The first kappa shape index (κ1) is 17.0. The molecule has 0 aliphatic carbocycles. The molecule has 1 heterocycles. The van der Waals surface area contributed by atoms with Crippen LogP contribution >= 0.6 is 11.8 Å². The van der Waals surface area contributed by atoms with Gasteiger partial charge in [0.2, 0.25) is 5.91 Å². The predicted molar refractivity (Wildman–Crippen MR) is 98.3 cm³/mol. The van der Waals surface area contributed by atoms with Gasteiger partial charge in [-0.1, -0.05) is 36.0 Å². The molecule has 6 nitrogen and oxygen atoms in total. The Kier molecular flexibility index (Phi) is 5.04. The second-order valence-electron chi connectivity index (χ2n) is 5.56. The number of hydrogen-bond acceptors (Lipinski definition) is 5. The van der Waals surface area contributed by atoms with Gasteiger partial charge >= 0.3 is 0 Å². The van der Waals surface area contributed by atoms with E-state index in [1.165, 1.54) is 11.8 Å². The molecule has 0 radical (unpaired) electrons. The molecule has 0 bridgehead atoms. The maximum absolute atomic E-state index is 12.2. The molecule has 0 saturated carbocycles. The zero-order chi connectivity index (χ0) is 17.8. The Bertz CT molecular complexity index is 893. The number of rotatable bonds is 5. The summed E-state index contributed by atoms with van der Waals surface area (Å²) in [6.45, 7) is 3.77. The number of aromatic hydroxyl groups is 1. The van der Waals surface area contributed by atoms with Gasteiger partial charge in [-0.2, -0.15) is 0 Å². The van der Waals surface area contributed by atoms with Crippen molar-refractivity contribution in [3.63, 3.8) is 0 Å². The number of carbonyl (C=O) groups excluding carboxylic acids is 1. The van der Waals surface area contributed by atoms with Crippen molar-refractivity contribution in [3.8, 4) is 11.4 Å². The number of para-hydroxylation sites is 1. The number of carbonyl (C=O) groups is 1. The van der Waals surface area contributed by atoms with Crippen molar-refractivity contribution >= 4 is 23.4 Å². The first-order valence-corrected chi connectivity index (χ1v) is 8.73. The number of thioether (sulfide) groups is 1.